The van der Waals surface area contributed by atoms with E-state index in [4.69, 9.17) is 4.74 Å². The van der Waals surface area contributed by atoms with E-state index in [9.17, 15) is 4.79 Å². The van der Waals surface area contributed by atoms with E-state index in [1.165, 1.54) is 5.69 Å². The highest BCUT2D eigenvalue weighted by molar-refractivity contribution is 5.76. The smallest absolute Gasteiger partial charge is 0.244 e. The maximum Gasteiger partial charge on any atom is 0.244 e. The molecule has 0 unspecified atom stereocenters. The van der Waals surface area contributed by atoms with E-state index < -0.39 is 0 Å². The predicted octanol–water partition coefficient (Wildman–Crippen LogP) is 2.80. The van der Waals surface area contributed by atoms with Gasteiger partial charge in [-0.05, 0) is 31.2 Å². The van der Waals surface area contributed by atoms with Crippen LogP contribution in [0.15, 0.2) is 67.3 Å². The molecule has 9 nitrogen and oxygen atoms in total. The van der Waals surface area contributed by atoms with Crippen molar-refractivity contribution in [3.63, 3.8) is 0 Å². The number of aromatic nitrogens is 5. The fourth-order valence-electron chi connectivity index (χ4n) is 4.20. The molecule has 0 N–H and O–H groups in total. The second kappa shape index (κ2) is 9.38. The van der Waals surface area contributed by atoms with Crippen LogP contribution in [0.3, 0.4) is 0 Å². The van der Waals surface area contributed by atoms with Crippen molar-refractivity contribution >= 4 is 11.6 Å². The number of imidazole rings is 1. The zero-order valence-corrected chi connectivity index (χ0v) is 19.3. The number of methoxy groups -OCH3 is 1. The molecule has 9 heteroatoms. The first kappa shape index (κ1) is 21.7. The fourth-order valence-corrected chi connectivity index (χ4v) is 4.20. The first-order chi connectivity index (χ1) is 16.6. The number of carbonyl (C=O) groups is 1. The van der Waals surface area contributed by atoms with Crippen molar-refractivity contribution in [3.8, 4) is 22.7 Å². The van der Waals surface area contributed by atoms with Gasteiger partial charge >= 0.3 is 0 Å². The van der Waals surface area contributed by atoms with Crippen LogP contribution in [-0.2, 0) is 11.3 Å². The lowest BCUT2D eigenvalue weighted by Crippen LogP contribution is -2.49. The molecule has 4 aromatic rings. The molecule has 3 heterocycles. The zero-order valence-electron chi connectivity index (χ0n) is 19.3. The van der Waals surface area contributed by atoms with Gasteiger partial charge in [-0.25, -0.2) is 9.67 Å². The third-order valence-corrected chi connectivity index (χ3v) is 6.05. The molecule has 0 saturated carbocycles. The molecule has 0 aliphatic carbocycles. The van der Waals surface area contributed by atoms with E-state index in [1.54, 1.807) is 24.3 Å². The Hall–Kier alpha value is -4.14. The highest BCUT2D eigenvalue weighted by Crippen LogP contribution is 2.29. The van der Waals surface area contributed by atoms with Gasteiger partial charge in [0, 0.05) is 43.6 Å². The van der Waals surface area contributed by atoms with Gasteiger partial charge in [-0.1, -0.05) is 29.5 Å². The molecule has 2 aromatic heterocycles. The molecule has 0 spiro atoms. The van der Waals surface area contributed by atoms with Crippen LogP contribution in [0.1, 0.15) is 5.69 Å². The Kier molecular flexibility index (Phi) is 5.99. The summed E-state index contributed by atoms with van der Waals surface area (Å²) < 4.78 is 9.11. The van der Waals surface area contributed by atoms with Crippen LogP contribution in [0.25, 0.3) is 16.9 Å². The molecule has 0 radical (unpaired) electrons. The summed E-state index contributed by atoms with van der Waals surface area (Å²) in [4.78, 5) is 21.3. The number of amides is 1. The molecule has 34 heavy (non-hydrogen) atoms. The van der Waals surface area contributed by atoms with Crippen LogP contribution in [0.2, 0.25) is 0 Å². The Labute approximate surface area is 198 Å². The number of carbonyl (C=O) groups excluding carboxylic acids is 1. The molecular formula is C25H27N7O2. The average Bonchev–Trinajstić information content (AvgIpc) is 3.53. The van der Waals surface area contributed by atoms with Gasteiger partial charge in [0.05, 0.1) is 31.0 Å². The Morgan fingerprint density at radius 2 is 1.82 bits per heavy atom. The molecule has 1 saturated heterocycles. The van der Waals surface area contributed by atoms with Crippen LogP contribution >= 0.6 is 0 Å². The van der Waals surface area contributed by atoms with Gasteiger partial charge in [-0.15, -0.1) is 5.10 Å². The van der Waals surface area contributed by atoms with Crippen LogP contribution in [0.5, 0.6) is 5.75 Å². The van der Waals surface area contributed by atoms with Gasteiger partial charge < -0.3 is 19.1 Å². The van der Waals surface area contributed by atoms with E-state index in [1.807, 2.05) is 59.0 Å². The summed E-state index contributed by atoms with van der Waals surface area (Å²) in [5.74, 6) is 0.754. The highest BCUT2D eigenvalue weighted by Gasteiger charge is 2.22. The number of nitrogens with zero attached hydrogens (tertiary/aromatic N) is 7. The molecule has 2 aromatic carbocycles. The topological polar surface area (TPSA) is 81.3 Å². The predicted molar refractivity (Wildman–Crippen MR) is 129 cm³/mol. The molecule has 1 aliphatic rings. The van der Waals surface area contributed by atoms with E-state index in [0.717, 1.165) is 30.0 Å². The first-order valence-electron chi connectivity index (χ1n) is 11.3. The van der Waals surface area contributed by atoms with E-state index in [-0.39, 0.29) is 12.5 Å². The Balaban J connectivity index is 1.23. The Bertz CT molecular complexity index is 1270. The van der Waals surface area contributed by atoms with Gasteiger partial charge in [0.2, 0.25) is 5.91 Å². The number of benzene rings is 2. The summed E-state index contributed by atoms with van der Waals surface area (Å²) in [5.41, 5.74) is 4.57. The van der Waals surface area contributed by atoms with Crippen molar-refractivity contribution < 1.29 is 9.53 Å². The van der Waals surface area contributed by atoms with Crippen molar-refractivity contribution in [2.24, 2.45) is 0 Å². The lowest BCUT2D eigenvalue weighted by molar-refractivity contribution is -0.132. The van der Waals surface area contributed by atoms with Crippen LogP contribution in [-0.4, -0.2) is 68.6 Å². The van der Waals surface area contributed by atoms with E-state index in [2.05, 4.69) is 32.3 Å². The number of hydrogen-bond donors (Lipinski definition) is 0. The van der Waals surface area contributed by atoms with Crippen molar-refractivity contribution in [1.82, 2.24) is 29.4 Å². The monoisotopic (exact) mass is 457 g/mol. The summed E-state index contributed by atoms with van der Waals surface area (Å²) in [7, 11) is 1.64. The van der Waals surface area contributed by atoms with E-state index in [0.29, 0.717) is 24.5 Å². The quantitative estimate of drug-likeness (QED) is 0.443. The molecule has 1 aliphatic heterocycles. The van der Waals surface area contributed by atoms with Crippen LogP contribution in [0, 0.1) is 6.92 Å². The van der Waals surface area contributed by atoms with Crippen molar-refractivity contribution in [1.29, 1.82) is 0 Å². The van der Waals surface area contributed by atoms with Gasteiger partial charge in [-0.3, -0.25) is 4.79 Å². The maximum atomic E-state index is 12.9. The van der Waals surface area contributed by atoms with Gasteiger partial charge in [0.25, 0.3) is 0 Å². The third kappa shape index (κ3) is 4.50. The first-order valence-corrected chi connectivity index (χ1v) is 11.3. The number of anilines is 1. The minimum atomic E-state index is 0.0487. The number of para-hydroxylation sites is 1. The maximum absolute atomic E-state index is 12.9. The standard InChI is InChI=1S/C25H27N7O2/c1-19-15-31(18-26-19)23-9-8-20(14-24(23)34-2)22-16-32(28-27-22)17-25(33)30-12-10-29(11-13-30)21-6-4-3-5-7-21/h3-9,14-16,18H,10-13,17H2,1-2H3. The van der Waals surface area contributed by atoms with Crippen molar-refractivity contribution in [2.75, 3.05) is 38.2 Å². The number of piperazine rings is 1. The van der Waals surface area contributed by atoms with Crippen LogP contribution in [0.4, 0.5) is 5.69 Å². The Morgan fingerprint density at radius 3 is 2.53 bits per heavy atom. The number of rotatable bonds is 6. The van der Waals surface area contributed by atoms with Gasteiger partial charge in [0.15, 0.2) is 0 Å². The summed E-state index contributed by atoms with van der Waals surface area (Å²) in [5, 5.41) is 8.46. The second-order valence-corrected chi connectivity index (χ2v) is 8.31. The molecule has 5 rings (SSSR count). The molecule has 1 fully saturated rings. The minimum absolute atomic E-state index is 0.0487. The van der Waals surface area contributed by atoms with Crippen molar-refractivity contribution in [3.05, 3.63) is 72.9 Å². The fraction of sp³-hybridized carbons (Fsp3) is 0.280. The highest BCUT2D eigenvalue weighted by atomic mass is 16.5. The Morgan fingerprint density at radius 1 is 1.03 bits per heavy atom. The molecule has 174 valence electrons. The SMILES string of the molecule is COc1cc(-c2cn(CC(=O)N3CCN(c4ccccc4)CC3)nn2)ccc1-n1cnc(C)c1. The summed E-state index contributed by atoms with van der Waals surface area (Å²) in [6, 6.07) is 16.1. The number of aryl methyl sites for hydroxylation is 1. The summed E-state index contributed by atoms with van der Waals surface area (Å²) >= 11 is 0. The van der Waals surface area contributed by atoms with Crippen molar-refractivity contribution in [2.45, 2.75) is 13.5 Å². The van der Waals surface area contributed by atoms with Gasteiger partial charge in [0.1, 0.15) is 18.0 Å². The third-order valence-electron chi connectivity index (χ3n) is 6.05. The molecule has 1 amide bonds. The molecule has 0 atom stereocenters. The lowest BCUT2D eigenvalue weighted by atomic mass is 10.1. The minimum Gasteiger partial charge on any atom is -0.495 e. The number of ether oxygens (including phenoxy) is 1. The zero-order chi connectivity index (χ0) is 23.5. The average molecular weight is 458 g/mol. The lowest BCUT2D eigenvalue weighted by Gasteiger charge is -2.36. The normalized spacial score (nSPS) is 13.8. The summed E-state index contributed by atoms with van der Waals surface area (Å²) in [6.07, 6.45) is 5.50. The second-order valence-electron chi connectivity index (χ2n) is 8.31. The van der Waals surface area contributed by atoms with Gasteiger partial charge in [-0.2, -0.15) is 0 Å². The molecular weight excluding hydrogens is 430 g/mol. The van der Waals surface area contributed by atoms with E-state index >= 15 is 0 Å². The largest absolute Gasteiger partial charge is 0.495 e. The number of hydrogen-bond acceptors (Lipinski definition) is 6. The molecule has 0 bridgehead atoms. The summed E-state index contributed by atoms with van der Waals surface area (Å²) in [6.45, 7) is 5.15. The van der Waals surface area contributed by atoms with Crippen LogP contribution < -0.4 is 9.64 Å².